The van der Waals surface area contributed by atoms with Crippen LogP contribution in [-0.2, 0) is 19.4 Å². The second-order valence-electron chi connectivity index (χ2n) is 6.09. The van der Waals surface area contributed by atoms with Gasteiger partial charge in [0, 0.05) is 12.1 Å². The van der Waals surface area contributed by atoms with Crippen molar-refractivity contribution in [1.82, 2.24) is 0 Å². The zero-order valence-electron chi connectivity index (χ0n) is 15.7. The van der Waals surface area contributed by atoms with Crippen LogP contribution in [0.25, 0.3) is 0 Å². The van der Waals surface area contributed by atoms with E-state index >= 15 is 0 Å². The third-order valence-electron chi connectivity index (χ3n) is 3.79. The number of hydrogen-bond donors (Lipinski definition) is 2. The van der Waals surface area contributed by atoms with Crippen molar-refractivity contribution >= 4 is 38.7 Å². The summed E-state index contributed by atoms with van der Waals surface area (Å²) in [4.78, 5) is 34.4. The van der Waals surface area contributed by atoms with E-state index in [0.29, 0.717) is 17.0 Å². The molecule has 0 aliphatic heterocycles. The third kappa shape index (κ3) is 6.28. The maximum atomic E-state index is 12.2. The number of nitrogens with one attached hydrogen (secondary N) is 2. The summed E-state index contributed by atoms with van der Waals surface area (Å²) in [5.74, 6) is -3.23. The normalized spacial score (nSPS) is 10.8. The molecular weight excluding hydrogens is 402 g/mol. The number of benzene rings is 2. The maximum Gasteiger partial charge on any atom is 0.271 e. The van der Waals surface area contributed by atoms with E-state index in [4.69, 9.17) is 4.74 Å². The Morgan fingerprint density at radius 3 is 2.21 bits per heavy atom. The van der Waals surface area contributed by atoms with Gasteiger partial charge in [-0.25, -0.2) is 8.42 Å². The first-order valence-electron chi connectivity index (χ1n) is 8.29. The van der Waals surface area contributed by atoms with Crippen LogP contribution in [0, 0.1) is 17.0 Å². The molecule has 29 heavy (non-hydrogen) atoms. The average molecular weight is 421 g/mol. The van der Waals surface area contributed by atoms with Crippen LogP contribution >= 0.6 is 0 Å². The fourth-order valence-corrected chi connectivity index (χ4v) is 3.47. The van der Waals surface area contributed by atoms with Crippen molar-refractivity contribution in [2.24, 2.45) is 0 Å². The smallest absolute Gasteiger partial charge is 0.271 e. The van der Waals surface area contributed by atoms with E-state index in [1.54, 1.807) is 31.2 Å². The number of amides is 2. The molecule has 2 amide bonds. The van der Waals surface area contributed by atoms with E-state index in [0.717, 1.165) is 6.07 Å². The molecule has 0 aliphatic rings. The molecule has 2 aromatic rings. The van der Waals surface area contributed by atoms with Gasteiger partial charge in [0.1, 0.15) is 17.3 Å². The summed E-state index contributed by atoms with van der Waals surface area (Å²) in [7, 11) is -2.67. The highest BCUT2D eigenvalue weighted by Crippen LogP contribution is 2.23. The molecule has 0 bridgehead atoms. The zero-order chi connectivity index (χ0) is 21.6. The van der Waals surface area contributed by atoms with E-state index in [1.807, 2.05) is 0 Å². The van der Waals surface area contributed by atoms with E-state index < -0.39 is 38.1 Å². The standard InChI is InChI=1S/C18H19N3O7S/c1-12-7-8-13(21(24)25)9-15(12)20-18(23)11-29(26,27)10-17(22)19-14-5-3-4-6-16(14)28-2/h3-9H,10-11H2,1-2H3,(H,19,22)(H,20,23). The summed E-state index contributed by atoms with van der Waals surface area (Å²) in [5, 5.41) is 15.6. The van der Waals surface area contributed by atoms with Crippen LogP contribution in [0.15, 0.2) is 42.5 Å². The molecule has 0 aliphatic carbocycles. The van der Waals surface area contributed by atoms with Crippen molar-refractivity contribution in [3.63, 3.8) is 0 Å². The number of hydrogen-bond acceptors (Lipinski definition) is 7. The van der Waals surface area contributed by atoms with Crippen LogP contribution in [0.2, 0.25) is 0 Å². The summed E-state index contributed by atoms with van der Waals surface area (Å²) < 4.78 is 29.4. The first-order chi connectivity index (χ1) is 13.6. The maximum absolute atomic E-state index is 12.2. The number of rotatable bonds is 8. The van der Waals surface area contributed by atoms with Gasteiger partial charge in [0.05, 0.1) is 23.4 Å². The quantitative estimate of drug-likeness (QED) is 0.489. The Balaban J connectivity index is 2.01. The molecule has 0 aromatic heterocycles. The van der Waals surface area contributed by atoms with Crippen molar-refractivity contribution in [2.45, 2.75) is 6.92 Å². The number of para-hydroxylation sites is 2. The van der Waals surface area contributed by atoms with Crippen molar-refractivity contribution in [3.8, 4) is 5.75 Å². The minimum absolute atomic E-state index is 0.123. The van der Waals surface area contributed by atoms with Crippen LogP contribution < -0.4 is 15.4 Å². The largest absolute Gasteiger partial charge is 0.495 e. The lowest BCUT2D eigenvalue weighted by atomic mass is 10.2. The number of nitro groups is 1. The molecule has 11 heteroatoms. The van der Waals surface area contributed by atoms with E-state index in [-0.39, 0.29) is 11.4 Å². The van der Waals surface area contributed by atoms with Crippen molar-refractivity contribution in [1.29, 1.82) is 0 Å². The van der Waals surface area contributed by atoms with Crippen LogP contribution in [0.4, 0.5) is 17.1 Å². The molecule has 10 nitrogen and oxygen atoms in total. The summed E-state index contributed by atoms with van der Waals surface area (Å²) in [6, 6.07) is 10.3. The van der Waals surface area contributed by atoms with Crippen LogP contribution in [0.3, 0.4) is 0 Å². The molecule has 154 valence electrons. The van der Waals surface area contributed by atoms with Gasteiger partial charge in [-0.1, -0.05) is 18.2 Å². The Hall–Kier alpha value is -3.47. The fourth-order valence-electron chi connectivity index (χ4n) is 2.43. The Morgan fingerprint density at radius 2 is 1.62 bits per heavy atom. The van der Waals surface area contributed by atoms with Gasteiger partial charge < -0.3 is 15.4 Å². The average Bonchev–Trinajstić information content (AvgIpc) is 2.62. The second kappa shape index (κ2) is 9.15. The molecule has 0 spiro atoms. The number of methoxy groups -OCH3 is 1. The van der Waals surface area contributed by atoms with Crippen LogP contribution in [0.5, 0.6) is 5.75 Å². The number of ether oxygens (including phenoxy) is 1. The molecule has 0 heterocycles. The molecule has 0 radical (unpaired) electrons. The zero-order valence-corrected chi connectivity index (χ0v) is 16.5. The number of sulfone groups is 1. The molecule has 0 saturated carbocycles. The van der Waals surface area contributed by atoms with Gasteiger partial charge in [-0.05, 0) is 24.6 Å². The van der Waals surface area contributed by atoms with Crippen LogP contribution in [0.1, 0.15) is 5.56 Å². The van der Waals surface area contributed by atoms with Gasteiger partial charge in [-0.15, -0.1) is 0 Å². The van der Waals surface area contributed by atoms with Gasteiger partial charge in [-0.3, -0.25) is 19.7 Å². The number of carbonyl (C=O) groups excluding carboxylic acids is 2. The topological polar surface area (TPSA) is 145 Å². The molecular formula is C18H19N3O7S. The predicted molar refractivity (Wildman–Crippen MR) is 107 cm³/mol. The van der Waals surface area contributed by atoms with Gasteiger partial charge in [-0.2, -0.15) is 0 Å². The lowest BCUT2D eigenvalue weighted by molar-refractivity contribution is -0.384. The first-order valence-corrected chi connectivity index (χ1v) is 10.1. The molecule has 0 atom stereocenters. The van der Waals surface area contributed by atoms with Gasteiger partial charge >= 0.3 is 0 Å². The minimum Gasteiger partial charge on any atom is -0.495 e. The Labute approximate surface area is 166 Å². The molecule has 2 rings (SSSR count). The minimum atomic E-state index is -4.08. The number of aryl methyl sites for hydroxylation is 1. The molecule has 2 aromatic carbocycles. The highest BCUT2D eigenvalue weighted by atomic mass is 32.2. The van der Waals surface area contributed by atoms with Crippen molar-refractivity contribution in [2.75, 3.05) is 29.2 Å². The SMILES string of the molecule is COc1ccccc1NC(=O)CS(=O)(=O)CC(=O)Nc1cc([N+](=O)[O-])ccc1C. The first kappa shape index (κ1) is 21.8. The van der Waals surface area contributed by atoms with Gasteiger partial charge in [0.25, 0.3) is 5.69 Å². The molecule has 0 fully saturated rings. The summed E-state index contributed by atoms with van der Waals surface area (Å²) in [6.07, 6.45) is 0. The molecule has 0 saturated heterocycles. The summed E-state index contributed by atoms with van der Waals surface area (Å²) >= 11 is 0. The van der Waals surface area contributed by atoms with E-state index in [2.05, 4.69) is 10.6 Å². The molecule has 0 unspecified atom stereocenters. The number of nitrogens with zero attached hydrogens (tertiary/aromatic N) is 1. The van der Waals surface area contributed by atoms with Gasteiger partial charge in [0.2, 0.25) is 11.8 Å². The number of anilines is 2. The monoisotopic (exact) mass is 421 g/mol. The predicted octanol–water partition coefficient (Wildman–Crippen LogP) is 1.90. The third-order valence-corrected chi connectivity index (χ3v) is 5.19. The van der Waals surface area contributed by atoms with Gasteiger partial charge in [0.15, 0.2) is 9.84 Å². The lowest BCUT2D eigenvalue weighted by Gasteiger charge is -2.11. The number of carbonyl (C=O) groups is 2. The van der Waals surface area contributed by atoms with Crippen LogP contribution in [-0.4, -0.2) is 43.8 Å². The highest BCUT2D eigenvalue weighted by molar-refractivity contribution is 7.92. The number of non-ortho nitro benzene ring substituents is 1. The fraction of sp³-hybridized carbons (Fsp3) is 0.222. The summed E-state index contributed by atoms with van der Waals surface area (Å²) in [6.45, 7) is 1.61. The highest BCUT2D eigenvalue weighted by Gasteiger charge is 2.22. The van der Waals surface area contributed by atoms with Crippen molar-refractivity contribution in [3.05, 3.63) is 58.1 Å². The second-order valence-corrected chi connectivity index (χ2v) is 8.15. The molecule has 2 N–H and O–H groups in total. The Bertz CT molecular complexity index is 1050. The van der Waals surface area contributed by atoms with E-state index in [9.17, 15) is 28.1 Å². The Kier molecular flexibility index (Phi) is 6.89. The Morgan fingerprint density at radius 1 is 1.03 bits per heavy atom. The van der Waals surface area contributed by atoms with E-state index in [1.165, 1.54) is 19.2 Å². The van der Waals surface area contributed by atoms with Crippen molar-refractivity contribution < 1.29 is 27.7 Å². The number of nitro benzene ring substituents is 1. The lowest BCUT2D eigenvalue weighted by Crippen LogP contribution is -2.30. The summed E-state index contributed by atoms with van der Waals surface area (Å²) in [5.41, 5.74) is 0.699.